The average Bonchev–Trinajstić information content (AvgIpc) is 3.20. The van der Waals surface area contributed by atoms with Crippen LogP contribution in [-0.4, -0.2) is 29.2 Å². The predicted molar refractivity (Wildman–Crippen MR) is 129 cm³/mol. The highest BCUT2D eigenvalue weighted by molar-refractivity contribution is 5.99. The molecule has 5 heteroatoms. The largest absolute Gasteiger partial charge is 0.480 e. The summed E-state index contributed by atoms with van der Waals surface area (Å²) in [4.78, 5) is 24.3. The minimum atomic E-state index is -1.41. The molecule has 1 aliphatic rings. The van der Waals surface area contributed by atoms with E-state index in [2.05, 4.69) is 36.5 Å². The molecule has 0 spiro atoms. The first-order valence-electron chi connectivity index (χ1n) is 12.6. The van der Waals surface area contributed by atoms with Gasteiger partial charge in [0.1, 0.15) is 0 Å². The molecule has 0 aliphatic heterocycles. The Labute approximate surface area is 194 Å². The van der Waals surface area contributed by atoms with Crippen molar-refractivity contribution >= 4 is 11.9 Å². The van der Waals surface area contributed by atoms with E-state index in [4.69, 9.17) is 4.74 Å². The molecule has 1 aromatic carbocycles. The van der Waals surface area contributed by atoms with Crippen molar-refractivity contribution in [3.05, 3.63) is 35.4 Å². The standard InChI is InChI=1S/C27H43NO4/c1-4-5-6-7-8-9-10-11-12-22-13-15-23(16-14-22)20-28-24-17-18-27(19-24,25(29)30)26(31)32-21(2)3/h13-16,21,24,28H,4-12,17-20H2,1-3H3,(H,29,30). The summed E-state index contributed by atoms with van der Waals surface area (Å²) in [5.74, 6) is -1.67. The molecule has 2 N–H and O–H groups in total. The number of unbranched alkanes of at least 4 members (excludes halogenated alkanes) is 7. The molecule has 0 amide bonds. The minimum Gasteiger partial charge on any atom is -0.480 e. The first kappa shape index (κ1) is 26.4. The monoisotopic (exact) mass is 445 g/mol. The van der Waals surface area contributed by atoms with Crippen molar-refractivity contribution in [2.24, 2.45) is 5.41 Å². The fourth-order valence-electron chi connectivity index (χ4n) is 4.56. The van der Waals surface area contributed by atoms with Gasteiger partial charge in [-0.2, -0.15) is 0 Å². The quantitative estimate of drug-likeness (QED) is 0.196. The van der Waals surface area contributed by atoms with Gasteiger partial charge < -0.3 is 15.2 Å². The second kappa shape index (κ2) is 13.6. The Morgan fingerprint density at radius 1 is 1.03 bits per heavy atom. The summed E-state index contributed by atoms with van der Waals surface area (Å²) in [6.45, 7) is 6.43. The molecule has 1 aliphatic carbocycles. The molecule has 0 heterocycles. The van der Waals surface area contributed by atoms with Gasteiger partial charge in [0.25, 0.3) is 0 Å². The molecule has 1 aromatic rings. The van der Waals surface area contributed by atoms with Crippen LogP contribution in [0.5, 0.6) is 0 Å². The third kappa shape index (κ3) is 8.23. The van der Waals surface area contributed by atoms with Gasteiger partial charge in [0, 0.05) is 12.6 Å². The highest BCUT2D eigenvalue weighted by Crippen LogP contribution is 2.40. The van der Waals surface area contributed by atoms with Gasteiger partial charge in [-0.3, -0.25) is 9.59 Å². The van der Waals surface area contributed by atoms with Crippen molar-refractivity contribution in [3.63, 3.8) is 0 Å². The van der Waals surface area contributed by atoms with Crippen LogP contribution in [0.1, 0.15) is 103 Å². The number of carbonyl (C=O) groups excluding carboxylic acids is 1. The van der Waals surface area contributed by atoms with Crippen LogP contribution in [0.25, 0.3) is 0 Å². The van der Waals surface area contributed by atoms with Gasteiger partial charge in [0.2, 0.25) is 0 Å². The first-order chi connectivity index (χ1) is 15.4. The Hall–Kier alpha value is -1.88. The van der Waals surface area contributed by atoms with E-state index in [1.165, 1.54) is 62.5 Å². The SMILES string of the molecule is CCCCCCCCCCc1ccc(CNC2CCC(C(=O)O)(C(=O)OC(C)C)C2)cc1. The van der Waals surface area contributed by atoms with E-state index in [0.717, 1.165) is 6.42 Å². The van der Waals surface area contributed by atoms with Crippen LogP contribution in [0.15, 0.2) is 24.3 Å². The highest BCUT2D eigenvalue weighted by atomic mass is 16.5. The molecular weight excluding hydrogens is 402 g/mol. The topological polar surface area (TPSA) is 75.6 Å². The van der Waals surface area contributed by atoms with E-state index in [0.29, 0.717) is 19.4 Å². The molecule has 0 bridgehead atoms. The maximum Gasteiger partial charge on any atom is 0.323 e. The van der Waals surface area contributed by atoms with Gasteiger partial charge in [-0.1, -0.05) is 76.1 Å². The number of aliphatic carboxylic acids is 1. The second-order valence-corrected chi connectivity index (χ2v) is 9.70. The van der Waals surface area contributed by atoms with Crippen molar-refractivity contribution in [1.29, 1.82) is 0 Å². The molecule has 1 fully saturated rings. The van der Waals surface area contributed by atoms with Gasteiger partial charge in [-0.15, -0.1) is 0 Å². The zero-order chi connectivity index (χ0) is 23.4. The number of hydrogen-bond acceptors (Lipinski definition) is 4. The molecule has 2 rings (SSSR count). The molecule has 0 saturated heterocycles. The molecule has 5 nitrogen and oxygen atoms in total. The molecule has 32 heavy (non-hydrogen) atoms. The molecule has 180 valence electrons. The van der Waals surface area contributed by atoms with Crippen LogP contribution in [0.2, 0.25) is 0 Å². The van der Waals surface area contributed by atoms with Crippen LogP contribution >= 0.6 is 0 Å². The lowest BCUT2D eigenvalue weighted by molar-refractivity contribution is -0.171. The van der Waals surface area contributed by atoms with E-state index in [-0.39, 0.29) is 18.6 Å². The van der Waals surface area contributed by atoms with Crippen molar-refractivity contribution in [2.45, 2.75) is 117 Å². The summed E-state index contributed by atoms with van der Waals surface area (Å²) in [6.07, 6.45) is 12.8. The summed E-state index contributed by atoms with van der Waals surface area (Å²) in [6, 6.07) is 8.71. The van der Waals surface area contributed by atoms with Crippen molar-refractivity contribution in [3.8, 4) is 0 Å². The van der Waals surface area contributed by atoms with Crippen LogP contribution < -0.4 is 5.32 Å². The number of carboxylic acid groups (broad SMARTS) is 1. The summed E-state index contributed by atoms with van der Waals surface area (Å²) >= 11 is 0. The number of carboxylic acids is 1. The number of nitrogens with one attached hydrogen (secondary N) is 1. The maximum absolute atomic E-state index is 12.4. The van der Waals surface area contributed by atoms with Gasteiger partial charge in [0.05, 0.1) is 6.10 Å². The van der Waals surface area contributed by atoms with Crippen LogP contribution in [0.4, 0.5) is 0 Å². The number of benzene rings is 1. The lowest BCUT2D eigenvalue weighted by atomic mass is 9.86. The van der Waals surface area contributed by atoms with Crippen LogP contribution in [0, 0.1) is 5.41 Å². The number of rotatable bonds is 15. The second-order valence-electron chi connectivity index (χ2n) is 9.70. The van der Waals surface area contributed by atoms with Gasteiger partial charge in [-0.05, 0) is 57.1 Å². The van der Waals surface area contributed by atoms with Gasteiger partial charge in [-0.25, -0.2) is 0 Å². The van der Waals surface area contributed by atoms with Crippen molar-refractivity contribution in [2.75, 3.05) is 0 Å². The lowest BCUT2D eigenvalue weighted by Crippen LogP contribution is -2.41. The molecule has 1 saturated carbocycles. The molecule has 2 unspecified atom stereocenters. The first-order valence-corrected chi connectivity index (χ1v) is 12.6. The summed E-state index contributed by atoms with van der Waals surface area (Å²) < 4.78 is 5.24. The van der Waals surface area contributed by atoms with Crippen molar-refractivity contribution < 1.29 is 19.4 Å². The fourth-order valence-corrected chi connectivity index (χ4v) is 4.56. The number of ether oxygens (including phenoxy) is 1. The average molecular weight is 446 g/mol. The van der Waals surface area contributed by atoms with Crippen molar-refractivity contribution in [1.82, 2.24) is 5.32 Å². The van der Waals surface area contributed by atoms with E-state index >= 15 is 0 Å². The Balaban J connectivity index is 1.71. The van der Waals surface area contributed by atoms with Gasteiger partial charge >= 0.3 is 11.9 Å². The normalized spacial score (nSPS) is 20.6. The lowest BCUT2D eigenvalue weighted by Gasteiger charge is -2.24. The molecule has 2 atom stereocenters. The summed E-state index contributed by atoms with van der Waals surface area (Å²) in [5.41, 5.74) is 1.14. The molecule has 0 radical (unpaired) electrons. The maximum atomic E-state index is 12.4. The number of aryl methyl sites for hydroxylation is 1. The van der Waals surface area contributed by atoms with E-state index in [1.54, 1.807) is 13.8 Å². The zero-order valence-corrected chi connectivity index (χ0v) is 20.3. The predicted octanol–water partition coefficient (Wildman–Crippen LogP) is 6.03. The van der Waals surface area contributed by atoms with Gasteiger partial charge in [0.15, 0.2) is 5.41 Å². The zero-order valence-electron chi connectivity index (χ0n) is 20.3. The van der Waals surface area contributed by atoms with E-state index in [1.807, 2.05) is 0 Å². The molecular formula is C27H43NO4. The summed E-state index contributed by atoms with van der Waals surface area (Å²) in [7, 11) is 0. The summed E-state index contributed by atoms with van der Waals surface area (Å²) in [5, 5.41) is 13.1. The molecule has 0 aromatic heterocycles. The smallest absolute Gasteiger partial charge is 0.323 e. The Bertz CT molecular complexity index is 700. The number of carbonyl (C=O) groups is 2. The Kier molecular flexibility index (Phi) is 11.2. The third-order valence-corrected chi connectivity index (χ3v) is 6.59. The van der Waals surface area contributed by atoms with Crippen LogP contribution in [0.3, 0.4) is 0 Å². The number of hydrogen-bond donors (Lipinski definition) is 2. The Morgan fingerprint density at radius 3 is 2.22 bits per heavy atom. The van der Waals surface area contributed by atoms with E-state index < -0.39 is 17.4 Å². The number of esters is 1. The Morgan fingerprint density at radius 2 is 1.62 bits per heavy atom. The fraction of sp³-hybridized carbons (Fsp3) is 0.704. The third-order valence-electron chi connectivity index (χ3n) is 6.59. The van der Waals surface area contributed by atoms with E-state index in [9.17, 15) is 14.7 Å². The minimum absolute atomic E-state index is 0.00261. The highest BCUT2D eigenvalue weighted by Gasteiger charge is 2.53. The van der Waals surface area contributed by atoms with Crippen LogP contribution in [-0.2, 0) is 27.3 Å².